The van der Waals surface area contributed by atoms with Crippen molar-refractivity contribution in [3.63, 3.8) is 0 Å². The molecular weight excluding hydrogens is 458 g/mol. The summed E-state index contributed by atoms with van der Waals surface area (Å²) < 4.78 is 12.4. The maximum Gasteiger partial charge on any atom is 0.257 e. The number of carbonyl (C=O) groups excluding carboxylic acids is 1. The number of para-hydroxylation sites is 2. The zero-order valence-corrected chi connectivity index (χ0v) is 18.3. The van der Waals surface area contributed by atoms with Gasteiger partial charge in [-0.1, -0.05) is 46.3 Å². The number of furan rings is 1. The molecule has 1 amide bonds. The van der Waals surface area contributed by atoms with Crippen LogP contribution in [0.1, 0.15) is 11.6 Å². The third-order valence-electron chi connectivity index (χ3n) is 5.23. The summed E-state index contributed by atoms with van der Waals surface area (Å²) in [5, 5.41) is 0. The highest BCUT2D eigenvalue weighted by molar-refractivity contribution is 9.10. The number of halogens is 1. The fraction of sp³-hybridized carbons (Fsp3) is 0.167. The summed E-state index contributed by atoms with van der Waals surface area (Å²) in [7, 11) is 0. The van der Waals surface area contributed by atoms with Gasteiger partial charge in [0.1, 0.15) is 17.3 Å². The Bertz CT molecular complexity index is 1230. The second-order valence-electron chi connectivity index (χ2n) is 7.25. The van der Waals surface area contributed by atoms with Crippen LogP contribution in [0, 0.1) is 0 Å². The van der Waals surface area contributed by atoms with Crippen molar-refractivity contribution in [2.75, 3.05) is 26.3 Å². The molecule has 1 saturated heterocycles. The molecule has 0 saturated carbocycles. The zero-order valence-electron chi connectivity index (χ0n) is 16.7. The lowest BCUT2D eigenvalue weighted by Crippen LogP contribution is -2.41. The van der Waals surface area contributed by atoms with Crippen LogP contribution < -0.4 is 0 Å². The van der Waals surface area contributed by atoms with Gasteiger partial charge in [-0.05, 0) is 36.4 Å². The lowest BCUT2D eigenvalue weighted by Gasteiger charge is -2.27. The maximum absolute atomic E-state index is 13.4. The maximum atomic E-state index is 13.4. The second kappa shape index (κ2) is 8.53. The van der Waals surface area contributed by atoms with Crippen molar-refractivity contribution in [1.29, 1.82) is 0 Å². The van der Waals surface area contributed by atoms with Gasteiger partial charge < -0.3 is 19.0 Å². The van der Waals surface area contributed by atoms with Gasteiger partial charge >= 0.3 is 0 Å². The summed E-state index contributed by atoms with van der Waals surface area (Å²) in [6.07, 6.45) is 1.76. The van der Waals surface area contributed by atoms with Gasteiger partial charge in [0.05, 0.1) is 29.8 Å². The average Bonchev–Trinajstić information content (AvgIpc) is 3.45. The third-order valence-corrected chi connectivity index (χ3v) is 5.92. The van der Waals surface area contributed by atoms with Gasteiger partial charge in [-0.25, -0.2) is 4.98 Å². The van der Waals surface area contributed by atoms with Crippen LogP contribution in [0.25, 0.3) is 34.0 Å². The number of morpholine rings is 1. The number of nitrogens with zero attached hydrogens (tertiary/aromatic N) is 2. The van der Waals surface area contributed by atoms with Crippen LogP contribution in [0.4, 0.5) is 0 Å². The van der Waals surface area contributed by atoms with Crippen LogP contribution in [0.5, 0.6) is 0 Å². The number of nitrogens with one attached hydrogen (secondary N) is 1. The minimum atomic E-state index is -0.0961. The molecule has 0 bridgehead atoms. The summed E-state index contributed by atoms with van der Waals surface area (Å²) in [4.78, 5) is 23.1. The fourth-order valence-electron chi connectivity index (χ4n) is 3.63. The first-order valence-electron chi connectivity index (χ1n) is 10.1. The van der Waals surface area contributed by atoms with Crippen LogP contribution in [-0.4, -0.2) is 47.1 Å². The normalized spacial score (nSPS) is 14.9. The number of H-pyrrole nitrogens is 1. The lowest BCUT2D eigenvalue weighted by molar-refractivity contribution is -0.128. The summed E-state index contributed by atoms with van der Waals surface area (Å²) in [5.41, 5.74) is 3.11. The van der Waals surface area contributed by atoms with Crippen LogP contribution in [-0.2, 0) is 9.53 Å². The molecule has 1 fully saturated rings. The number of hydrogen-bond donors (Lipinski definition) is 1. The molecule has 0 spiro atoms. The van der Waals surface area contributed by atoms with E-state index in [0.717, 1.165) is 26.8 Å². The Morgan fingerprint density at radius 3 is 2.61 bits per heavy atom. The SMILES string of the molecule is O=C(/C(=C/c1ccc(-c2ccccc2Br)o1)c1nc2ccccc2[nH]1)N1CCOCC1. The van der Waals surface area contributed by atoms with Crippen molar-refractivity contribution in [3.05, 3.63) is 76.7 Å². The molecule has 5 rings (SSSR count). The Kier molecular flexibility index (Phi) is 5.44. The molecule has 0 aliphatic carbocycles. The van der Waals surface area contributed by atoms with Crippen LogP contribution in [0.15, 0.2) is 69.6 Å². The molecule has 0 unspecified atom stereocenters. The highest BCUT2D eigenvalue weighted by atomic mass is 79.9. The minimum absolute atomic E-state index is 0.0961. The Morgan fingerprint density at radius 2 is 1.81 bits per heavy atom. The van der Waals surface area contributed by atoms with E-state index in [1.165, 1.54) is 0 Å². The predicted octanol–water partition coefficient (Wildman–Crippen LogP) is 4.98. The van der Waals surface area contributed by atoms with E-state index in [0.29, 0.717) is 43.5 Å². The van der Waals surface area contributed by atoms with E-state index in [4.69, 9.17) is 9.15 Å². The molecule has 2 aromatic carbocycles. The Balaban J connectivity index is 1.56. The Labute approximate surface area is 187 Å². The van der Waals surface area contributed by atoms with Crippen molar-refractivity contribution >= 4 is 44.5 Å². The number of benzene rings is 2. The number of ether oxygens (including phenoxy) is 1. The number of fused-ring (bicyclic) bond motifs is 1. The van der Waals surface area contributed by atoms with Crippen LogP contribution >= 0.6 is 15.9 Å². The summed E-state index contributed by atoms with van der Waals surface area (Å²) in [6.45, 7) is 2.17. The van der Waals surface area contributed by atoms with E-state index in [1.807, 2.05) is 60.7 Å². The Hall–Kier alpha value is -3.16. The first kappa shape index (κ1) is 19.8. The van der Waals surface area contributed by atoms with Gasteiger partial charge in [0.15, 0.2) is 0 Å². The minimum Gasteiger partial charge on any atom is -0.457 e. The lowest BCUT2D eigenvalue weighted by atomic mass is 10.1. The van der Waals surface area contributed by atoms with Gasteiger partial charge in [-0.2, -0.15) is 0 Å². The van der Waals surface area contributed by atoms with E-state index in [-0.39, 0.29) is 5.91 Å². The van der Waals surface area contributed by atoms with Crippen molar-refractivity contribution in [3.8, 4) is 11.3 Å². The first-order chi connectivity index (χ1) is 15.2. The van der Waals surface area contributed by atoms with E-state index < -0.39 is 0 Å². The topological polar surface area (TPSA) is 71.4 Å². The molecule has 3 heterocycles. The molecular formula is C24H20BrN3O3. The summed E-state index contributed by atoms with van der Waals surface area (Å²) in [5.74, 6) is 1.74. The van der Waals surface area contributed by atoms with Crippen molar-refractivity contribution in [1.82, 2.24) is 14.9 Å². The standard InChI is InChI=1S/C24H20BrN3O3/c25-19-6-2-1-5-17(19)22-10-9-16(31-22)15-18(24(29)28-11-13-30-14-12-28)23-26-20-7-3-4-8-21(20)27-23/h1-10,15H,11-14H2,(H,26,27)/b18-15+. The van der Waals surface area contributed by atoms with Gasteiger partial charge in [0.2, 0.25) is 0 Å². The zero-order chi connectivity index (χ0) is 21.2. The van der Waals surface area contributed by atoms with E-state index >= 15 is 0 Å². The molecule has 7 heteroatoms. The predicted molar refractivity (Wildman–Crippen MR) is 123 cm³/mol. The first-order valence-corrected chi connectivity index (χ1v) is 10.9. The van der Waals surface area contributed by atoms with Crippen LogP contribution in [0.3, 0.4) is 0 Å². The molecule has 0 radical (unpaired) electrons. The molecule has 4 aromatic rings. The monoisotopic (exact) mass is 477 g/mol. The van der Waals surface area contributed by atoms with Gasteiger partial charge in [-0.3, -0.25) is 4.79 Å². The van der Waals surface area contributed by atoms with Crippen LogP contribution in [0.2, 0.25) is 0 Å². The quantitative estimate of drug-likeness (QED) is 0.420. The van der Waals surface area contributed by atoms with Gasteiger partial charge in [0, 0.05) is 23.1 Å². The number of aromatic nitrogens is 2. The average molecular weight is 478 g/mol. The molecule has 156 valence electrons. The molecule has 1 aliphatic rings. The molecule has 1 aliphatic heterocycles. The molecule has 0 atom stereocenters. The number of aromatic amines is 1. The molecule has 1 N–H and O–H groups in total. The van der Waals surface area contributed by atoms with Gasteiger partial charge in [-0.15, -0.1) is 0 Å². The van der Waals surface area contributed by atoms with E-state index in [2.05, 4.69) is 25.9 Å². The fourth-order valence-corrected chi connectivity index (χ4v) is 4.11. The highest BCUT2D eigenvalue weighted by Gasteiger charge is 2.24. The number of imidazole rings is 1. The number of amides is 1. The number of hydrogen-bond acceptors (Lipinski definition) is 4. The van der Waals surface area contributed by atoms with Crippen molar-refractivity contribution in [2.24, 2.45) is 0 Å². The van der Waals surface area contributed by atoms with Gasteiger partial charge in [0.25, 0.3) is 5.91 Å². The second-order valence-corrected chi connectivity index (χ2v) is 8.10. The van der Waals surface area contributed by atoms with Crippen molar-refractivity contribution < 1.29 is 13.9 Å². The van der Waals surface area contributed by atoms with E-state index in [1.54, 1.807) is 11.0 Å². The number of rotatable bonds is 4. The largest absolute Gasteiger partial charge is 0.457 e. The molecule has 2 aromatic heterocycles. The van der Waals surface area contributed by atoms with Crippen molar-refractivity contribution in [2.45, 2.75) is 0 Å². The van der Waals surface area contributed by atoms with E-state index in [9.17, 15) is 4.79 Å². The summed E-state index contributed by atoms with van der Waals surface area (Å²) >= 11 is 3.56. The number of carbonyl (C=O) groups is 1. The third kappa shape index (κ3) is 4.06. The smallest absolute Gasteiger partial charge is 0.257 e. The molecule has 6 nitrogen and oxygen atoms in total. The Morgan fingerprint density at radius 1 is 1.03 bits per heavy atom. The highest BCUT2D eigenvalue weighted by Crippen LogP contribution is 2.31. The summed E-state index contributed by atoms with van der Waals surface area (Å²) in [6, 6.07) is 19.4. The molecule has 31 heavy (non-hydrogen) atoms.